The summed E-state index contributed by atoms with van der Waals surface area (Å²) in [6, 6.07) is -0.266. The first kappa shape index (κ1) is 9.36. The van der Waals surface area contributed by atoms with Gasteiger partial charge in [-0.25, -0.2) is 0 Å². The second-order valence-electron chi connectivity index (χ2n) is 4.18. The topological polar surface area (TPSA) is 69.0 Å². The van der Waals surface area contributed by atoms with Gasteiger partial charge in [0.1, 0.15) is 0 Å². The first-order chi connectivity index (χ1) is 5.50. The predicted octanol–water partition coefficient (Wildman–Crippen LogP) is 2.09. The molecule has 1 unspecified atom stereocenters. The summed E-state index contributed by atoms with van der Waals surface area (Å²) in [5.41, 5.74) is 8.23. The summed E-state index contributed by atoms with van der Waals surface area (Å²) >= 11 is 0. The third-order valence-electron chi connectivity index (χ3n) is 3.17. The fraction of sp³-hybridized carbons (Fsp3) is 1.00. The molecular weight excluding hydrogens is 154 g/mol. The van der Waals surface area contributed by atoms with E-state index < -0.39 is 6.10 Å². The summed E-state index contributed by atoms with van der Waals surface area (Å²) in [5, 5.41) is 13.2. The molecule has 0 aliphatic heterocycles. The summed E-state index contributed by atoms with van der Waals surface area (Å²) in [4.78, 5) is 2.76. The van der Waals surface area contributed by atoms with E-state index in [0.29, 0.717) is 5.92 Å². The highest BCUT2D eigenvalue weighted by Gasteiger charge is 2.45. The van der Waals surface area contributed by atoms with Crippen molar-refractivity contribution in [3.8, 4) is 0 Å². The maximum atomic E-state index is 9.56. The van der Waals surface area contributed by atoms with E-state index in [-0.39, 0.29) is 11.5 Å². The Morgan fingerprint density at radius 3 is 2.50 bits per heavy atom. The molecule has 0 aromatic carbocycles. The highest BCUT2D eigenvalue weighted by molar-refractivity contribution is 5.00. The van der Waals surface area contributed by atoms with E-state index in [9.17, 15) is 5.11 Å². The average Bonchev–Trinajstić information content (AvgIpc) is 2.14. The van der Waals surface area contributed by atoms with Crippen LogP contribution in [0.5, 0.6) is 0 Å². The van der Waals surface area contributed by atoms with Crippen LogP contribution in [-0.4, -0.2) is 17.3 Å². The molecule has 4 nitrogen and oxygen atoms in total. The van der Waals surface area contributed by atoms with Crippen LogP contribution >= 0.6 is 0 Å². The Balaban J connectivity index is 2.90. The van der Waals surface area contributed by atoms with E-state index in [4.69, 9.17) is 5.53 Å². The first-order valence-electron chi connectivity index (χ1n) is 4.22. The molecule has 1 fully saturated rings. The minimum absolute atomic E-state index is 0.0777. The van der Waals surface area contributed by atoms with Gasteiger partial charge >= 0.3 is 0 Å². The molecule has 0 amide bonds. The van der Waals surface area contributed by atoms with Crippen molar-refractivity contribution >= 4 is 0 Å². The molecule has 0 bridgehead atoms. The smallest absolute Gasteiger partial charge is 0.0687 e. The Morgan fingerprint density at radius 2 is 2.17 bits per heavy atom. The van der Waals surface area contributed by atoms with Crippen LogP contribution in [0.2, 0.25) is 0 Å². The highest BCUT2D eigenvalue weighted by Crippen LogP contribution is 2.44. The van der Waals surface area contributed by atoms with Crippen molar-refractivity contribution in [3.05, 3.63) is 10.4 Å². The van der Waals surface area contributed by atoms with Gasteiger partial charge in [-0.3, -0.25) is 0 Å². The van der Waals surface area contributed by atoms with Crippen molar-refractivity contribution in [1.29, 1.82) is 0 Å². The third kappa shape index (κ3) is 1.28. The summed E-state index contributed by atoms with van der Waals surface area (Å²) in [5.74, 6) is 0.406. The van der Waals surface area contributed by atoms with Crippen LogP contribution in [0.25, 0.3) is 10.4 Å². The largest absolute Gasteiger partial charge is 0.393 e. The predicted molar refractivity (Wildman–Crippen MR) is 46.5 cm³/mol. The van der Waals surface area contributed by atoms with E-state index >= 15 is 0 Å². The lowest BCUT2D eigenvalue weighted by molar-refractivity contribution is 0.140. The second-order valence-corrected chi connectivity index (χ2v) is 4.18. The quantitative estimate of drug-likeness (QED) is 0.364. The Kier molecular flexibility index (Phi) is 2.31. The lowest BCUT2D eigenvalue weighted by atomic mass is 9.80. The standard InChI is InChI=1S/C8H15N3O/c1-5-4-6(12)7(10-11-9)8(5,2)3/h5-7,12H,4H2,1-3H3/t5?,6-,7+/m0/s1. The molecule has 1 rings (SSSR count). The minimum atomic E-state index is -0.467. The van der Waals surface area contributed by atoms with Crippen LogP contribution < -0.4 is 0 Å². The van der Waals surface area contributed by atoms with E-state index in [1.54, 1.807) is 0 Å². The number of rotatable bonds is 1. The first-order valence-corrected chi connectivity index (χ1v) is 4.22. The van der Waals surface area contributed by atoms with E-state index in [0.717, 1.165) is 6.42 Å². The maximum Gasteiger partial charge on any atom is 0.0687 e. The Hall–Kier alpha value is -0.730. The van der Waals surface area contributed by atoms with E-state index in [1.807, 2.05) is 13.8 Å². The Morgan fingerprint density at radius 1 is 1.58 bits per heavy atom. The van der Waals surface area contributed by atoms with Gasteiger partial charge in [0, 0.05) is 4.91 Å². The zero-order valence-corrected chi connectivity index (χ0v) is 7.73. The molecule has 0 aromatic heterocycles. The second kappa shape index (κ2) is 2.96. The Bertz CT molecular complexity index is 220. The summed E-state index contributed by atoms with van der Waals surface area (Å²) in [6.45, 7) is 6.15. The van der Waals surface area contributed by atoms with Gasteiger partial charge in [0.25, 0.3) is 0 Å². The summed E-state index contributed by atoms with van der Waals surface area (Å²) in [7, 11) is 0. The number of aliphatic hydroxyl groups excluding tert-OH is 1. The molecule has 3 atom stereocenters. The van der Waals surface area contributed by atoms with E-state index in [2.05, 4.69) is 16.9 Å². The van der Waals surface area contributed by atoms with Crippen LogP contribution in [0, 0.1) is 11.3 Å². The summed E-state index contributed by atoms with van der Waals surface area (Å²) in [6.07, 6.45) is 0.266. The number of nitrogens with zero attached hydrogens (tertiary/aromatic N) is 3. The summed E-state index contributed by atoms with van der Waals surface area (Å²) < 4.78 is 0. The average molecular weight is 169 g/mol. The number of azide groups is 1. The molecular formula is C8H15N3O. The molecule has 4 heteroatoms. The minimum Gasteiger partial charge on any atom is -0.393 e. The van der Waals surface area contributed by atoms with Crippen LogP contribution in [0.4, 0.5) is 0 Å². The Labute approximate surface area is 72.2 Å². The van der Waals surface area contributed by atoms with Crippen molar-refractivity contribution in [1.82, 2.24) is 0 Å². The molecule has 0 spiro atoms. The normalized spacial score (nSPS) is 39.2. The molecule has 0 aromatic rings. The molecule has 1 aliphatic carbocycles. The van der Waals surface area contributed by atoms with Crippen LogP contribution in [0.1, 0.15) is 27.2 Å². The van der Waals surface area contributed by atoms with Gasteiger partial charge in [0.2, 0.25) is 0 Å². The lowest BCUT2D eigenvalue weighted by Crippen LogP contribution is -2.31. The SMILES string of the molecule is CC1C[C@H](O)[C@@H](N=[N+]=[N-])C1(C)C. The van der Waals surface area contributed by atoms with Crippen LogP contribution in [0.15, 0.2) is 5.11 Å². The van der Waals surface area contributed by atoms with Crippen LogP contribution in [-0.2, 0) is 0 Å². The molecule has 12 heavy (non-hydrogen) atoms. The highest BCUT2D eigenvalue weighted by atomic mass is 16.3. The fourth-order valence-electron chi connectivity index (χ4n) is 1.86. The maximum absolute atomic E-state index is 9.56. The van der Waals surface area contributed by atoms with Gasteiger partial charge in [-0.05, 0) is 23.3 Å². The number of hydrogen-bond acceptors (Lipinski definition) is 2. The van der Waals surface area contributed by atoms with Gasteiger partial charge < -0.3 is 5.11 Å². The molecule has 0 saturated heterocycles. The third-order valence-corrected chi connectivity index (χ3v) is 3.17. The molecule has 0 heterocycles. The molecule has 1 saturated carbocycles. The van der Waals surface area contributed by atoms with Gasteiger partial charge in [0.05, 0.1) is 12.1 Å². The number of hydrogen-bond donors (Lipinski definition) is 1. The molecule has 1 N–H and O–H groups in total. The number of aliphatic hydroxyl groups is 1. The molecule has 1 aliphatic rings. The van der Waals surface area contributed by atoms with Crippen molar-refractivity contribution in [2.75, 3.05) is 0 Å². The van der Waals surface area contributed by atoms with Crippen molar-refractivity contribution in [2.45, 2.75) is 39.3 Å². The van der Waals surface area contributed by atoms with Crippen molar-refractivity contribution in [3.63, 3.8) is 0 Å². The van der Waals surface area contributed by atoms with E-state index in [1.165, 1.54) is 0 Å². The van der Waals surface area contributed by atoms with Gasteiger partial charge in [-0.2, -0.15) is 0 Å². The van der Waals surface area contributed by atoms with Crippen LogP contribution in [0.3, 0.4) is 0 Å². The van der Waals surface area contributed by atoms with Crippen molar-refractivity contribution < 1.29 is 5.11 Å². The zero-order chi connectivity index (χ0) is 9.35. The lowest BCUT2D eigenvalue weighted by Gasteiger charge is -2.28. The van der Waals surface area contributed by atoms with Gasteiger partial charge in [-0.1, -0.05) is 25.9 Å². The van der Waals surface area contributed by atoms with Gasteiger partial charge in [-0.15, -0.1) is 0 Å². The molecule has 0 radical (unpaired) electrons. The van der Waals surface area contributed by atoms with Gasteiger partial charge in [0.15, 0.2) is 0 Å². The molecule has 68 valence electrons. The monoisotopic (exact) mass is 169 g/mol. The van der Waals surface area contributed by atoms with Crippen molar-refractivity contribution in [2.24, 2.45) is 16.4 Å². The fourth-order valence-corrected chi connectivity index (χ4v) is 1.86. The zero-order valence-electron chi connectivity index (χ0n) is 7.73.